The van der Waals surface area contributed by atoms with Gasteiger partial charge in [0.05, 0.1) is 11.9 Å². The number of nitrogens with zero attached hydrogens (tertiary/aromatic N) is 3. The molecule has 0 aliphatic carbocycles. The molecule has 2 N–H and O–H groups in total. The summed E-state index contributed by atoms with van der Waals surface area (Å²) in [5.74, 6) is 0.977. The maximum absolute atomic E-state index is 6.11. The van der Waals surface area contributed by atoms with Crippen molar-refractivity contribution in [3.8, 4) is 0 Å². The van der Waals surface area contributed by atoms with E-state index in [0.717, 1.165) is 42.9 Å². The topological polar surface area (TPSA) is 58.5 Å². The van der Waals surface area contributed by atoms with Crippen LogP contribution in [0.15, 0.2) is 12.4 Å². The molecule has 0 bridgehead atoms. The molecule has 104 valence electrons. The van der Waals surface area contributed by atoms with Crippen LogP contribution in [0.5, 0.6) is 0 Å². The molecule has 0 aromatic carbocycles. The lowest BCUT2D eigenvalue weighted by Crippen LogP contribution is -2.12. The second-order valence-electron chi connectivity index (χ2n) is 4.68. The number of aromatic nitrogens is 4. The normalized spacial score (nSPS) is 11.1. The Balaban J connectivity index is 1.83. The van der Waals surface area contributed by atoms with E-state index in [1.165, 1.54) is 0 Å². The van der Waals surface area contributed by atoms with Gasteiger partial charge in [-0.2, -0.15) is 5.10 Å². The second-order valence-corrected chi connectivity index (χ2v) is 5.04. The molecule has 5 nitrogen and oxygen atoms in total. The van der Waals surface area contributed by atoms with Crippen LogP contribution in [-0.2, 0) is 26.6 Å². The zero-order valence-corrected chi connectivity index (χ0v) is 12.2. The molecule has 0 aliphatic heterocycles. The Morgan fingerprint density at radius 1 is 1.42 bits per heavy atom. The van der Waals surface area contributed by atoms with Crippen molar-refractivity contribution >= 4 is 11.6 Å². The first-order chi connectivity index (χ1) is 9.19. The molecule has 0 unspecified atom stereocenters. The first-order valence-corrected chi connectivity index (χ1v) is 6.98. The van der Waals surface area contributed by atoms with Crippen molar-refractivity contribution in [2.45, 2.75) is 39.3 Å². The molecular formula is C13H20ClN5. The summed E-state index contributed by atoms with van der Waals surface area (Å²) in [5, 5.41) is 8.03. The lowest BCUT2D eigenvalue weighted by atomic mass is 10.2. The van der Waals surface area contributed by atoms with E-state index in [1.807, 2.05) is 19.4 Å². The van der Waals surface area contributed by atoms with E-state index in [2.05, 4.69) is 27.3 Å². The molecule has 6 heteroatoms. The molecule has 2 rings (SSSR count). The highest BCUT2D eigenvalue weighted by Crippen LogP contribution is 2.14. The predicted molar refractivity (Wildman–Crippen MR) is 76.0 cm³/mol. The minimum atomic E-state index is 0.574. The Morgan fingerprint density at radius 3 is 2.95 bits per heavy atom. The Bertz CT molecular complexity index is 517. The summed E-state index contributed by atoms with van der Waals surface area (Å²) in [7, 11) is 1.91. The number of hydrogen-bond acceptors (Lipinski definition) is 3. The monoisotopic (exact) mass is 281 g/mol. The Morgan fingerprint density at radius 2 is 2.26 bits per heavy atom. The number of halogens is 1. The number of hydrogen-bond donors (Lipinski definition) is 2. The molecule has 0 atom stereocenters. The first kappa shape index (κ1) is 14.1. The number of imidazole rings is 1. The van der Waals surface area contributed by atoms with Crippen molar-refractivity contribution in [2.24, 2.45) is 7.05 Å². The predicted octanol–water partition coefficient (Wildman–Crippen LogP) is 2.43. The van der Waals surface area contributed by atoms with E-state index in [0.29, 0.717) is 11.7 Å². The van der Waals surface area contributed by atoms with E-state index < -0.39 is 0 Å². The van der Waals surface area contributed by atoms with Crippen molar-refractivity contribution < 1.29 is 0 Å². The highest BCUT2D eigenvalue weighted by molar-refractivity contribution is 6.30. The average molecular weight is 282 g/mol. The zero-order valence-electron chi connectivity index (χ0n) is 11.4. The highest BCUT2D eigenvalue weighted by Gasteiger charge is 2.07. The summed E-state index contributed by atoms with van der Waals surface area (Å²) in [6.45, 7) is 3.63. The Labute approximate surface area is 118 Å². The van der Waals surface area contributed by atoms with E-state index in [-0.39, 0.29) is 0 Å². The van der Waals surface area contributed by atoms with Crippen LogP contribution in [0.4, 0.5) is 0 Å². The lowest BCUT2D eigenvalue weighted by Gasteiger charge is -2.01. The van der Waals surface area contributed by atoms with Gasteiger partial charge >= 0.3 is 0 Å². The second kappa shape index (κ2) is 6.73. The van der Waals surface area contributed by atoms with Gasteiger partial charge in [0, 0.05) is 38.3 Å². The van der Waals surface area contributed by atoms with Crippen LogP contribution in [0.3, 0.4) is 0 Å². The van der Waals surface area contributed by atoms with Gasteiger partial charge in [0.2, 0.25) is 0 Å². The minimum absolute atomic E-state index is 0.574. The van der Waals surface area contributed by atoms with Crippen molar-refractivity contribution in [1.29, 1.82) is 0 Å². The van der Waals surface area contributed by atoms with Gasteiger partial charge in [-0.3, -0.25) is 4.68 Å². The van der Waals surface area contributed by atoms with Crippen LogP contribution in [0.2, 0.25) is 5.15 Å². The van der Waals surface area contributed by atoms with Gasteiger partial charge in [0.25, 0.3) is 0 Å². The third-order valence-corrected chi connectivity index (χ3v) is 3.25. The van der Waals surface area contributed by atoms with Crippen LogP contribution in [0, 0.1) is 0 Å². The first-order valence-electron chi connectivity index (χ1n) is 6.60. The minimum Gasteiger partial charge on any atom is -0.344 e. The Kier molecular flexibility index (Phi) is 4.99. The van der Waals surface area contributed by atoms with Crippen LogP contribution in [-0.4, -0.2) is 19.7 Å². The van der Waals surface area contributed by atoms with Crippen molar-refractivity contribution in [1.82, 2.24) is 25.1 Å². The van der Waals surface area contributed by atoms with Crippen molar-refractivity contribution in [3.05, 3.63) is 34.6 Å². The summed E-state index contributed by atoms with van der Waals surface area (Å²) in [4.78, 5) is 7.61. The molecular weight excluding hydrogens is 262 g/mol. The number of unbranched alkanes of at least 4 members (excludes halogenated alkanes) is 1. The molecule has 0 saturated heterocycles. The Hall–Kier alpha value is -1.33. The van der Waals surface area contributed by atoms with E-state index in [9.17, 15) is 0 Å². The summed E-state index contributed by atoms with van der Waals surface area (Å²) in [6, 6.07) is 0. The van der Waals surface area contributed by atoms with Crippen LogP contribution in [0.25, 0.3) is 0 Å². The number of H-pyrrole nitrogens is 1. The largest absolute Gasteiger partial charge is 0.344 e. The molecule has 0 spiro atoms. The standard InChI is InChI=1S/C13H20ClN5/c1-3-4-5-12-17-11(13(14)18-12)8-15-6-10-7-16-19(2)9-10/h7,9,15H,3-6,8H2,1-2H3,(H,17,18). The van der Waals surface area contributed by atoms with Crippen molar-refractivity contribution in [2.75, 3.05) is 0 Å². The number of rotatable bonds is 7. The van der Waals surface area contributed by atoms with E-state index in [1.54, 1.807) is 4.68 Å². The van der Waals surface area contributed by atoms with Gasteiger partial charge in [-0.1, -0.05) is 24.9 Å². The third kappa shape index (κ3) is 4.08. The molecule has 0 saturated carbocycles. The molecule has 0 radical (unpaired) electrons. The third-order valence-electron chi connectivity index (χ3n) is 2.93. The maximum Gasteiger partial charge on any atom is 0.151 e. The highest BCUT2D eigenvalue weighted by atomic mass is 35.5. The number of aryl methyl sites for hydroxylation is 2. The summed E-state index contributed by atoms with van der Waals surface area (Å²) >= 11 is 6.11. The molecule has 19 heavy (non-hydrogen) atoms. The van der Waals surface area contributed by atoms with Gasteiger partial charge in [0.15, 0.2) is 5.15 Å². The van der Waals surface area contributed by atoms with Crippen LogP contribution >= 0.6 is 11.6 Å². The molecule has 2 aromatic heterocycles. The van der Waals surface area contributed by atoms with Gasteiger partial charge in [-0.25, -0.2) is 4.98 Å². The maximum atomic E-state index is 6.11. The van der Waals surface area contributed by atoms with Gasteiger partial charge in [0.1, 0.15) is 5.82 Å². The van der Waals surface area contributed by atoms with E-state index in [4.69, 9.17) is 11.6 Å². The molecule has 2 aromatic rings. The fourth-order valence-electron chi connectivity index (χ4n) is 1.91. The number of aromatic amines is 1. The van der Waals surface area contributed by atoms with Crippen molar-refractivity contribution in [3.63, 3.8) is 0 Å². The fourth-order valence-corrected chi connectivity index (χ4v) is 2.13. The van der Waals surface area contributed by atoms with E-state index >= 15 is 0 Å². The SMILES string of the molecule is CCCCc1nc(Cl)c(CNCc2cnn(C)c2)[nH]1. The zero-order chi connectivity index (χ0) is 13.7. The van der Waals surface area contributed by atoms with Gasteiger partial charge < -0.3 is 10.3 Å². The lowest BCUT2D eigenvalue weighted by molar-refractivity contribution is 0.677. The summed E-state index contributed by atoms with van der Waals surface area (Å²) in [5.41, 5.74) is 2.11. The fraction of sp³-hybridized carbons (Fsp3) is 0.538. The number of nitrogens with one attached hydrogen (secondary N) is 2. The molecule has 0 amide bonds. The molecule has 0 aliphatic rings. The van der Waals surface area contributed by atoms with Gasteiger partial charge in [-0.15, -0.1) is 0 Å². The van der Waals surface area contributed by atoms with Crippen LogP contribution in [0.1, 0.15) is 36.8 Å². The molecule has 0 fully saturated rings. The summed E-state index contributed by atoms with van der Waals surface area (Å²) < 4.78 is 1.79. The van der Waals surface area contributed by atoms with Crippen LogP contribution < -0.4 is 5.32 Å². The van der Waals surface area contributed by atoms with Gasteiger partial charge in [-0.05, 0) is 6.42 Å². The summed E-state index contributed by atoms with van der Waals surface area (Å²) in [6.07, 6.45) is 7.10. The quantitative estimate of drug-likeness (QED) is 0.819. The average Bonchev–Trinajstić information content (AvgIpc) is 2.94. The smallest absolute Gasteiger partial charge is 0.151 e. The molecule has 2 heterocycles.